The first-order chi connectivity index (χ1) is 8.29. The average molecular weight is 408 g/mol. The van der Waals surface area contributed by atoms with Gasteiger partial charge >= 0.3 is 6.18 Å². The molecule has 110 valence electrons. The highest BCUT2D eigenvalue weighted by molar-refractivity contribution is 14.0. The van der Waals surface area contributed by atoms with Crippen molar-refractivity contribution in [2.45, 2.75) is 26.6 Å². The number of aliphatic imine (C=N–C) groups is 1. The highest BCUT2D eigenvalue weighted by atomic mass is 127. The molecule has 0 spiro atoms. The Morgan fingerprint density at radius 1 is 1.53 bits per heavy atom. The lowest BCUT2D eigenvalue weighted by Crippen LogP contribution is -2.34. The summed E-state index contributed by atoms with van der Waals surface area (Å²) in [7, 11) is 0. The lowest BCUT2D eigenvalue weighted by Gasteiger charge is -2.07. The third-order valence-corrected chi connectivity index (χ3v) is 2.75. The van der Waals surface area contributed by atoms with Gasteiger partial charge in [-0.15, -0.1) is 35.3 Å². The summed E-state index contributed by atoms with van der Waals surface area (Å²) < 4.78 is 36.8. The summed E-state index contributed by atoms with van der Waals surface area (Å²) in [5.74, 6) is 0.628. The molecule has 1 aromatic rings. The van der Waals surface area contributed by atoms with E-state index in [9.17, 15) is 13.2 Å². The van der Waals surface area contributed by atoms with Gasteiger partial charge in [0.25, 0.3) is 0 Å². The Hall–Kier alpha value is -0.580. The van der Waals surface area contributed by atoms with Crippen LogP contribution in [0.3, 0.4) is 0 Å². The van der Waals surface area contributed by atoms with E-state index in [1.165, 1.54) is 0 Å². The Kier molecular flexibility index (Phi) is 7.64. The molecule has 0 fully saturated rings. The second kappa shape index (κ2) is 7.88. The van der Waals surface area contributed by atoms with Gasteiger partial charge < -0.3 is 11.1 Å². The fourth-order valence-electron chi connectivity index (χ4n) is 1.03. The summed E-state index contributed by atoms with van der Waals surface area (Å²) in [5, 5.41) is 4.14. The molecular formula is C10H16F3IN4S. The predicted octanol–water partition coefficient (Wildman–Crippen LogP) is 2.84. The highest BCUT2D eigenvalue weighted by Crippen LogP contribution is 2.30. The van der Waals surface area contributed by atoms with Crippen molar-refractivity contribution in [1.29, 1.82) is 0 Å². The molecule has 0 atom stereocenters. The van der Waals surface area contributed by atoms with Gasteiger partial charge in [0, 0.05) is 11.9 Å². The molecule has 1 rings (SSSR count). The summed E-state index contributed by atoms with van der Waals surface area (Å²) in [6, 6.07) is 0. The molecule has 0 bridgehead atoms. The topological polar surface area (TPSA) is 63.3 Å². The average Bonchev–Trinajstić information content (AvgIpc) is 2.71. The number of guanidine groups is 1. The molecule has 0 aliphatic carbocycles. The van der Waals surface area contributed by atoms with E-state index in [4.69, 9.17) is 5.73 Å². The molecule has 1 heterocycles. The quantitative estimate of drug-likeness (QED) is 0.458. The van der Waals surface area contributed by atoms with Crippen molar-refractivity contribution in [3.63, 3.8) is 0 Å². The molecule has 9 heteroatoms. The smallest absolute Gasteiger partial charge is 0.370 e. The molecule has 0 amide bonds. The Bertz CT molecular complexity index is 417. The van der Waals surface area contributed by atoms with Crippen LogP contribution in [0.5, 0.6) is 0 Å². The molecule has 4 nitrogen and oxygen atoms in total. The van der Waals surface area contributed by atoms with Gasteiger partial charge in [-0.1, -0.05) is 13.8 Å². The van der Waals surface area contributed by atoms with E-state index in [1.807, 2.05) is 13.8 Å². The molecular weight excluding hydrogens is 392 g/mol. The zero-order valence-electron chi connectivity index (χ0n) is 10.5. The van der Waals surface area contributed by atoms with Crippen LogP contribution in [0.1, 0.15) is 24.5 Å². The van der Waals surface area contributed by atoms with Crippen molar-refractivity contribution >= 4 is 41.3 Å². The summed E-state index contributed by atoms with van der Waals surface area (Å²) in [5.41, 5.74) is 4.67. The Morgan fingerprint density at radius 2 is 2.16 bits per heavy atom. The van der Waals surface area contributed by atoms with Crippen LogP contribution < -0.4 is 11.1 Å². The first-order valence-electron chi connectivity index (χ1n) is 5.34. The minimum Gasteiger partial charge on any atom is -0.370 e. The van der Waals surface area contributed by atoms with E-state index in [-0.39, 0.29) is 41.5 Å². The number of hydrogen-bond acceptors (Lipinski definition) is 3. The van der Waals surface area contributed by atoms with Gasteiger partial charge in [-0.2, -0.15) is 13.2 Å². The maximum atomic E-state index is 12.3. The highest BCUT2D eigenvalue weighted by Gasteiger charge is 2.33. The van der Waals surface area contributed by atoms with Gasteiger partial charge in [0.15, 0.2) is 11.7 Å². The van der Waals surface area contributed by atoms with E-state index in [1.54, 1.807) is 0 Å². The summed E-state index contributed by atoms with van der Waals surface area (Å²) in [6.07, 6.45) is -4.40. The number of nitrogens with one attached hydrogen (secondary N) is 1. The van der Waals surface area contributed by atoms with Crippen molar-refractivity contribution in [3.8, 4) is 0 Å². The summed E-state index contributed by atoms with van der Waals surface area (Å²) in [6.45, 7) is 4.74. The van der Waals surface area contributed by atoms with Gasteiger partial charge in [0.1, 0.15) is 5.01 Å². The molecule has 0 radical (unpaired) electrons. The second-order valence-corrected chi connectivity index (χ2v) is 5.04. The van der Waals surface area contributed by atoms with E-state index in [2.05, 4.69) is 15.3 Å². The Labute approximate surface area is 130 Å². The van der Waals surface area contributed by atoms with Crippen molar-refractivity contribution in [2.75, 3.05) is 6.54 Å². The van der Waals surface area contributed by atoms with Crippen LogP contribution in [0.25, 0.3) is 0 Å². The van der Waals surface area contributed by atoms with Gasteiger partial charge in [-0.25, -0.2) is 9.98 Å². The Morgan fingerprint density at radius 3 is 2.63 bits per heavy atom. The number of halogens is 4. The SMILES string of the molecule is CC(C)CNC(N)=NCc1nc(C(F)(F)F)cs1.I. The number of alkyl halides is 3. The number of nitrogens with two attached hydrogens (primary N) is 1. The first-order valence-corrected chi connectivity index (χ1v) is 6.22. The fraction of sp³-hybridized carbons (Fsp3) is 0.600. The van der Waals surface area contributed by atoms with Crippen LogP contribution in [0.2, 0.25) is 0 Å². The van der Waals surface area contributed by atoms with Crippen LogP contribution in [0, 0.1) is 5.92 Å². The number of thiazole rings is 1. The minimum absolute atomic E-state index is 0. The fourth-order valence-corrected chi connectivity index (χ4v) is 1.76. The number of aromatic nitrogens is 1. The maximum absolute atomic E-state index is 12.3. The molecule has 0 unspecified atom stereocenters. The molecule has 0 aliphatic heterocycles. The number of hydrogen-bond donors (Lipinski definition) is 2. The van der Waals surface area contributed by atoms with E-state index >= 15 is 0 Å². The largest absolute Gasteiger partial charge is 0.434 e. The molecule has 0 aliphatic rings. The molecule has 19 heavy (non-hydrogen) atoms. The zero-order chi connectivity index (χ0) is 13.8. The molecule has 1 aromatic heterocycles. The van der Waals surface area contributed by atoms with Crippen LogP contribution in [0.4, 0.5) is 13.2 Å². The zero-order valence-corrected chi connectivity index (χ0v) is 13.6. The van der Waals surface area contributed by atoms with Crippen LogP contribution in [-0.2, 0) is 12.7 Å². The molecule has 3 N–H and O–H groups in total. The lowest BCUT2D eigenvalue weighted by molar-refractivity contribution is -0.140. The van der Waals surface area contributed by atoms with E-state index in [0.29, 0.717) is 12.5 Å². The molecule has 0 saturated carbocycles. The van der Waals surface area contributed by atoms with E-state index in [0.717, 1.165) is 16.7 Å². The third-order valence-electron chi connectivity index (χ3n) is 1.92. The second-order valence-electron chi connectivity index (χ2n) is 4.10. The Balaban J connectivity index is 0.00000324. The van der Waals surface area contributed by atoms with Crippen LogP contribution in [0.15, 0.2) is 10.4 Å². The van der Waals surface area contributed by atoms with Crippen molar-refractivity contribution < 1.29 is 13.2 Å². The summed E-state index contributed by atoms with van der Waals surface area (Å²) >= 11 is 0.921. The van der Waals surface area contributed by atoms with E-state index < -0.39 is 11.9 Å². The van der Waals surface area contributed by atoms with Crippen molar-refractivity contribution in [1.82, 2.24) is 10.3 Å². The molecule has 0 saturated heterocycles. The first kappa shape index (κ1) is 18.4. The standard InChI is InChI=1S/C10H15F3N4S.HI/c1-6(2)3-15-9(14)16-4-8-17-7(5-18-8)10(11,12)13;/h5-6H,3-4H2,1-2H3,(H3,14,15,16);1H. The van der Waals surface area contributed by atoms with Gasteiger partial charge in [0.05, 0.1) is 6.54 Å². The number of rotatable bonds is 4. The number of nitrogens with zero attached hydrogens (tertiary/aromatic N) is 2. The monoisotopic (exact) mass is 408 g/mol. The van der Waals surface area contributed by atoms with Crippen LogP contribution in [-0.4, -0.2) is 17.5 Å². The van der Waals surface area contributed by atoms with Gasteiger partial charge in [-0.3, -0.25) is 0 Å². The van der Waals surface area contributed by atoms with Crippen molar-refractivity contribution in [2.24, 2.45) is 16.6 Å². The van der Waals surface area contributed by atoms with Crippen molar-refractivity contribution in [3.05, 3.63) is 16.1 Å². The molecule has 0 aromatic carbocycles. The van der Waals surface area contributed by atoms with Gasteiger partial charge in [-0.05, 0) is 5.92 Å². The van der Waals surface area contributed by atoms with Gasteiger partial charge in [0.2, 0.25) is 0 Å². The minimum atomic E-state index is -4.40. The third kappa shape index (κ3) is 6.95. The normalized spacial score (nSPS) is 12.4. The van der Waals surface area contributed by atoms with Crippen LogP contribution >= 0.6 is 35.3 Å². The summed E-state index contributed by atoms with van der Waals surface area (Å²) in [4.78, 5) is 7.38. The lowest BCUT2D eigenvalue weighted by atomic mass is 10.2. The maximum Gasteiger partial charge on any atom is 0.434 e. The predicted molar refractivity (Wildman–Crippen MR) is 80.7 cm³/mol.